The van der Waals surface area contributed by atoms with Gasteiger partial charge in [-0.1, -0.05) is 6.07 Å². The molecule has 0 spiro atoms. The summed E-state index contributed by atoms with van der Waals surface area (Å²) in [6.07, 6.45) is 0. The molecule has 0 aliphatic carbocycles. The Morgan fingerprint density at radius 2 is 1.83 bits per heavy atom. The Bertz CT molecular complexity index is 467. The van der Waals surface area contributed by atoms with Gasteiger partial charge < -0.3 is 10.5 Å². The molecule has 0 saturated heterocycles. The molecule has 100 valence electrons. The van der Waals surface area contributed by atoms with Crippen LogP contribution >= 0.6 is 0 Å². The molecule has 1 aromatic carbocycles. The molecule has 0 saturated carbocycles. The van der Waals surface area contributed by atoms with Gasteiger partial charge in [-0.05, 0) is 51.6 Å². The maximum Gasteiger partial charge on any atom is 0.239 e. The SMILES string of the molecule is COc1c(C)c(C)cc(C)c1C(C(N)=O)N(C)C. The van der Waals surface area contributed by atoms with Crippen LogP contribution in [0.25, 0.3) is 0 Å². The van der Waals surface area contributed by atoms with Gasteiger partial charge in [0, 0.05) is 5.56 Å². The minimum Gasteiger partial charge on any atom is -0.496 e. The molecule has 18 heavy (non-hydrogen) atoms. The largest absolute Gasteiger partial charge is 0.496 e. The van der Waals surface area contributed by atoms with Crippen molar-refractivity contribution in [3.63, 3.8) is 0 Å². The standard InChI is InChI=1S/C14H22N2O2/c1-8-7-9(2)11(13(18-6)10(8)3)12(14(15)17)16(4)5/h7,12H,1-6H3,(H2,15,17). The number of aryl methyl sites for hydroxylation is 2. The highest BCUT2D eigenvalue weighted by Crippen LogP contribution is 2.35. The molecule has 1 aromatic rings. The summed E-state index contributed by atoms with van der Waals surface area (Å²) >= 11 is 0. The number of hydrogen-bond donors (Lipinski definition) is 1. The molecule has 0 radical (unpaired) electrons. The van der Waals surface area contributed by atoms with Crippen LogP contribution < -0.4 is 10.5 Å². The van der Waals surface area contributed by atoms with E-state index >= 15 is 0 Å². The van der Waals surface area contributed by atoms with Crippen molar-refractivity contribution in [2.75, 3.05) is 21.2 Å². The van der Waals surface area contributed by atoms with Crippen molar-refractivity contribution in [1.29, 1.82) is 0 Å². The fraction of sp³-hybridized carbons (Fsp3) is 0.500. The van der Waals surface area contributed by atoms with Crippen molar-refractivity contribution in [3.8, 4) is 5.75 Å². The number of carbonyl (C=O) groups excluding carboxylic acids is 1. The molecule has 4 heteroatoms. The molecule has 1 amide bonds. The van der Waals surface area contributed by atoms with Gasteiger partial charge in [0.05, 0.1) is 7.11 Å². The molecule has 0 aliphatic rings. The molecule has 2 N–H and O–H groups in total. The number of nitrogens with zero attached hydrogens (tertiary/aromatic N) is 1. The molecular weight excluding hydrogens is 228 g/mol. The zero-order chi connectivity index (χ0) is 14.0. The first-order valence-electron chi connectivity index (χ1n) is 5.91. The van der Waals surface area contributed by atoms with Crippen LogP contribution in [-0.2, 0) is 4.79 Å². The third-order valence-corrected chi connectivity index (χ3v) is 3.30. The van der Waals surface area contributed by atoms with E-state index < -0.39 is 6.04 Å². The van der Waals surface area contributed by atoms with E-state index in [1.165, 1.54) is 0 Å². The van der Waals surface area contributed by atoms with Gasteiger partial charge in [-0.3, -0.25) is 9.69 Å². The van der Waals surface area contributed by atoms with Gasteiger partial charge in [-0.15, -0.1) is 0 Å². The van der Waals surface area contributed by atoms with Crippen molar-refractivity contribution in [2.45, 2.75) is 26.8 Å². The monoisotopic (exact) mass is 250 g/mol. The van der Waals surface area contributed by atoms with Gasteiger partial charge in [0.25, 0.3) is 0 Å². The number of amides is 1. The lowest BCUT2D eigenvalue weighted by molar-refractivity contribution is -0.122. The number of nitrogens with two attached hydrogens (primary N) is 1. The molecule has 0 fully saturated rings. The van der Waals surface area contributed by atoms with Crippen LogP contribution in [-0.4, -0.2) is 32.0 Å². The topological polar surface area (TPSA) is 55.6 Å². The van der Waals surface area contributed by atoms with E-state index in [-0.39, 0.29) is 5.91 Å². The third-order valence-electron chi connectivity index (χ3n) is 3.30. The molecule has 1 unspecified atom stereocenters. The Balaban J connectivity index is 3.56. The van der Waals surface area contributed by atoms with E-state index in [4.69, 9.17) is 10.5 Å². The summed E-state index contributed by atoms with van der Waals surface area (Å²) in [5, 5.41) is 0. The summed E-state index contributed by atoms with van der Waals surface area (Å²) in [4.78, 5) is 13.5. The zero-order valence-electron chi connectivity index (χ0n) is 12.0. The minimum absolute atomic E-state index is 0.371. The Morgan fingerprint density at radius 1 is 1.28 bits per heavy atom. The average molecular weight is 250 g/mol. The summed E-state index contributed by atoms with van der Waals surface area (Å²) < 4.78 is 5.48. The van der Waals surface area contributed by atoms with E-state index in [2.05, 4.69) is 6.07 Å². The summed E-state index contributed by atoms with van der Waals surface area (Å²) in [6.45, 7) is 6.00. The predicted molar refractivity (Wildman–Crippen MR) is 72.8 cm³/mol. The van der Waals surface area contributed by atoms with E-state index in [0.29, 0.717) is 0 Å². The second kappa shape index (κ2) is 5.40. The van der Waals surface area contributed by atoms with Crippen molar-refractivity contribution in [3.05, 3.63) is 28.3 Å². The molecule has 0 aromatic heterocycles. The number of rotatable bonds is 4. The normalized spacial score (nSPS) is 12.6. The van der Waals surface area contributed by atoms with Crippen molar-refractivity contribution in [2.24, 2.45) is 5.73 Å². The second-order valence-electron chi connectivity index (χ2n) is 4.85. The quantitative estimate of drug-likeness (QED) is 0.885. The van der Waals surface area contributed by atoms with E-state index in [1.54, 1.807) is 7.11 Å². The van der Waals surface area contributed by atoms with Crippen LogP contribution in [0.4, 0.5) is 0 Å². The summed E-state index contributed by atoms with van der Waals surface area (Å²) in [6, 6.07) is 1.59. The summed E-state index contributed by atoms with van der Waals surface area (Å²) in [7, 11) is 5.30. The van der Waals surface area contributed by atoms with Crippen LogP contribution in [0.3, 0.4) is 0 Å². The predicted octanol–water partition coefficient (Wildman–Crippen LogP) is 1.71. The number of carbonyl (C=O) groups is 1. The van der Waals surface area contributed by atoms with Crippen LogP contribution in [0.15, 0.2) is 6.07 Å². The third kappa shape index (κ3) is 2.48. The molecule has 0 aliphatic heterocycles. The van der Waals surface area contributed by atoms with Crippen LogP contribution in [0.1, 0.15) is 28.3 Å². The minimum atomic E-state index is -0.473. The van der Waals surface area contributed by atoms with Gasteiger partial charge in [-0.2, -0.15) is 0 Å². The van der Waals surface area contributed by atoms with Crippen molar-refractivity contribution < 1.29 is 9.53 Å². The lowest BCUT2D eigenvalue weighted by Crippen LogP contribution is -2.33. The highest BCUT2D eigenvalue weighted by atomic mass is 16.5. The lowest BCUT2D eigenvalue weighted by Gasteiger charge is -2.26. The highest BCUT2D eigenvalue weighted by Gasteiger charge is 2.27. The number of hydrogen-bond acceptors (Lipinski definition) is 3. The number of likely N-dealkylation sites (N-methyl/N-ethyl adjacent to an activating group) is 1. The van der Waals surface area contributed by atoms with Crippen LogP contribution in [0, 0.1) is 20.8 Å². The number of benzene rings is 1. The van der Waals surface area contributed by atoms with Gasteiger partial charge in [0.2, 0.25) is 5.91 Å². The molecule has 0 bridgehead atoms. The summed E-state index contributed by atoms with van der Waals surface area (Å²) in [5.41, 5.74) is 9.59. The Kier molecular flexibility index (Phi) is 4.35. The maximum absolute atomic E-state index is 11.7. The van der Waals surface area contributed by atoms with Crippen molar-refractivity contribution >= 4 is 5.91 Å². The maximum atomic E-state index is 11.7. The number of ether oxygens (including phenoxy) is 1. The fourth-order valence-corrected chi connectivity index (χ4v) is 2.33. The molecule has 0 heterocycles. The first kappa shape index (κ1) is 14.5. The number of primary amides is 1. The Labute approximate surface area is 109 Å². The van der Waals surface area contributed by atoms with Crippen LogP contribution in [0.5, 0.6) is 5.75 Å². The van der Waals surface area contributed by atoms with E-state index in [0.717, 1.165) is 28.0 Å². The van der Waals surface area contributed by atoms with Crippen LogP contribution in [0.2, 0.25) is 0 Å². The van der Waals surface area contributed by atoms with Gasteiger partial charge in [0.1, 0.15) is 11.8 Å². The van der Waals surface area contributed by atoms with E-state index in [9.17, 15) is 4.79 Å². The molecular formula is C14H22N2O2. The van der Waals surface area contributed by atoms with Gasteiger partial charge >= 0.3 is 0 Å². The smallest absolute Gasteiger partial charge is 0.239 e. The lowest BCUT2D eigenvalue weighted by atomic mass is 9.93. The molecule has 4 nitrogen and oxygen atoms in total. The van der Waals surface area contributed by atoms with Gasteiger partial charge in [0.15, 0.2) is 0 Å². The first-order valence-corrected chi connectivity index (χ1v) is 5.91. The second-order valence-corrected chi connectivity index (χ2v) is 4.85. The molecule has 1 atom stereocenters. The summed E-state index contributed by atoms with van der Waals surface area (Å²) in [5.74, 6) is 0.384. The fourth-order valence-electron chi connectivity index (χ4n) is 2.33. The Morgan fingerprint density at radius 3 is 2.22 bits per heavy atom. The average Bonchev–Trinajstić information content (AvgIpc) is 2.25. The highest BCUT2D eigenvalue weighted by molar-refractivity contribution is 5.83. The van der Waals surface area contributed by atoms with E-state index in [1.807, 2.05) is 39.8 Å². The molecule has 1 rings (SSSR count). The van der Waals surface area contributed by atoms with Gasteiger partial charge in [-0.25, -0.2) is 0 Å². The first-order chi connectivity index (χ1) is 8.31. The number of methoxy groups -OCH3 is 1. The van der Waals surface area contributed by atoms with Crippen molar-refractivity contribution in [1.82, 2.24) is 4.90 Å². The zero-order valence-corrected chi connectivity index (χ0v) is 12.0. The Hall–Kier alpha value is -1.55.